The van der Waals surface area contributed by atoms with Crippen LogP contribution in [0.25, 0.3) is 0 Å². The number of rotatable bonds is 6. The van der Waals surface area contributed by atoms with Crippen molar-refractivity contribution in [1.82, 2.24) is 5.32 Å². The van der Waals surface area contributed by atoms with Crippen molar-refractivity contribution >= 4 is 18.5 Å². The number of hydrogen-bond donors (Lipinski definition) is 3. The lowest BCUT2D eigenvalue weighted by Gasteiger charge is -2.29. The quantitative estimate of drug-likeness (QED) is 0.704. The first-order valence-corrected chi connectivity index (χ1v) is 6.80. The highest BCUT2D eigenvalue weighted by molar-refractivity contribution is 7.80. The third-order valence-electron chi connectivity index (χ3n) is 3.67. The molecule has 2 N–H and O–H groups in total. The zero-order valence-electron chi connectivity index (χ0n) is 11.2. The van der Waals surface area contributed by atoms with Crippen molar-refractivity contribution in [3.63, 3.8) is 0 Å². The maximum atomic E-state index is 13.1. The van der Waals surface area contributed by atoms with Gasteiger partial charge in [0, 0.05) is 22.4 Å². The van der Waals surface area contributed by atoms with Gasteiger partial charge in [-0.25, -0.2) is 4.39 Å². The van der Waals surface area contributed by atoms with E-state index in [9.17, 15) is 14.3 Å². The van der Waals surface area contributed by atoms with Gasteiger partial charge in [0.05, 0.1) is 6.61 Å². The van der Waals surface area contributed by atoms with Crippen molar-refractivity contribution in [2.75, 3.05) is 13.2 Å². The van der Waals surface area contributed by atoms with E-state index in [-0.39, 0.29) is 22.8 Å². The Bertz CT molecular complexity index is 439. The number of nitrogens with one attached hydrogen (secondary N) is 1. The first-order chi connectivity index (χ1) is 8.98. The molecule has 0 unspecified atom stereocenters. The Labute approximate surface area is 118 Å². The Morgan fingerprint density at radius 2 is 2.05 bits per heavy atom. The number of amides is 1. The van der Waals surface area contributed by atoms with Crippen LogP contribution in [-0.2, 0) is 0 Å². The van der Waals surface area contributed by atoms with Crippen LogP contribution in [0.4, 0.5) is 4.39 Å². The molecule has 1 amide bonds. The molecule has 1 rings (SSSR count). The highest BCUT2D eigenvalue weighted by atomic mass is 32.1. The molecule has 106 valence electrons. The minimum Gasteiger partial charge on any atom is -0.396 e. The van der Waals surface area contributed by atoms with Gasteiger partial charge in [0.2, 0.25) is 0 Å². The van der Waals surface area contributed by atoms with Crippen molar-refractivity contribution in [2.45, 2.75) is 31.6 Å². The molecule has 19 heavy (non-hydrogen) atoms. The summed E-state index contributed by atoms with van der Waals surface area (Å²) in [7, 11) is 0. The lowest BCUT2D eigenvalue weighted by Crippen LogP contribution is -2.39. The summed E-state index contributed by atoms with van der Waals surface area (Å²) in [5, 5.41) is 12.2. The van der Waals surface area contributed by atoms with Gasteiger partial charge >= 0.3 is 0 Å². The molecule has 0 aliphatic rings. The van der Waals surface area contributed by atoms with Crippen molar-refractivity contribution in [1.29, 1.82) is 0 Å². The first kappa shape index (κ1) is 16.0. The summed E-state index contributed by atoms with van der Waals surface area (Å²) in [6, 6.07) is 4.03. The summed E-state index contributed by atoms with van der Waals surface area (Å²) in [5.41, 5.74) is 0.0740. The number of benzene rings is 1. The predicted molar refractivity (Wildman–Crippen MR) is 76.1 cm³/mol. The van der Waals surface area contributed by atoms with Gasteiger partial charge in [-0.1, -0.05) is 13.8 Å². The average molecular weight is 285 g/mol. The molecule has 0 saturated carbocycles. The second-order valence-electron chi connectivity index (χ2n) is 4.71. The Kier molecular flexibility index (Phi) is 5.82. The fraction of sp³-hybridized carbons (Fsp3) is 0.500. The molecule has 1 aromatic rings. The van der Waals surface area contributed by atoms with E-state index in [4.69, 9.17) is 0 Å². The number of hydrogen-bond acceptors (Lipinski definition) is 3. The highest BCUT2D eigenvalue weighted by Crippen LogP contribution is 2.24. The fourth-order valence-corrected chi connectivity index (χ4v) is 2.02. The summed E-state index contributed by atoms with van der Waals surface area (Å²) in [6.07, 6.45) is 1.56. The molecule has 1 aromatic carbocycles. The van der Waals surface area contributed by atoms with Crippen LogP contribution in [0.1, 0.15) is 37.0 Å². The molecule has 0 aromatic heterocycles. The van der Waals surface area contributed by atoms with Crippen LogP contribution in [0.3, 0.4) is 0 Å². The van der Waals surface area contributed by atoms with Crippen molar-refractivity contribution < 1.29 is 14.3 Å². The van der Waals surface area contributed by atoms with E-state index in [2.05, 4.69) is 17.9 Å². The van der Waals surface area contributed by atoms with Gasteiger partial charge in [-0.15, -0.1) is 12.6 Å². The zero-order chi connectivity index (χ0) is 14.5. The second-order valence-corrected chi connectivity index (χ2v) is 5.20. The summed E-state index contributed by atoms with van der Waals surface area (Å²) >= 11 is 3.95. The Morgan fingerprint density at radius 1 is 1.42 bits per heavy atom. The number of carbonyl (C=O) groups is 1. The van der Waals surface area contributed by atoms with Gasteiger partial charge in [-0.05, 0) is 31.0 Å². The molecular weight excluding hydrogens is 265 g/mol. The van der Waals surface area contributed by atoms with Crippen LogP contribution >= 0.6 is 12.6 Å². The standard InChI is InChI=1S/C14H20FNO2S/c1-3-14(4-2,9-17)8-16-13(18)10-5-6-11(15)12(19)7-10/h5-7,17,19H,3-4,8-9H2,1-2H3,(H,16,18). The van der Waals surface area contributed by atoms with E-state index in [0.29, 0.717) is 12.1 Å². The van der Waals surface area contributed by atoms with E-state index in [1.807, 2.05) is 13.8 Å². The van der Waals surface area contributed by atoms with E-state index >= 15 is 0 Å². The van der Waals surface area contributed by atoms with Crippen LogP contribution in [0.5, 0.6) is 0 Å². The summed E-state index contributed by atoms with van der Waals surface area (Å²) < 4.78 is 13.1. The summed E-state index contributed by atoms with van der Waals surface area (Å²) in [5.74, 6) is -0.735. The number of thiol groups is 1. The molecule has 0 radical (unpaired) electrons. The van der Waals surface area contributed by atoms with Gasteiger partial charge in [0.1, 0.15) is 5.82 Å². The van der Waals surface area contributed by atoms with E-state index in [0.717, 1.165) is 12.8 Å². The molecule has 0 bridgehead atoms. The number of carbonyl (C=O) groups excluding carboxylic acids is 1. The van der Waals surface area contributed by atoms with Crippen LogP contribution < -0.4 is 5.32 Å². The largest absolute Gasteiger partial charge is 0.396 e. The van der Waals surface area contributed by atoms with Gasteiger partial charge in [0.15, 0.2) is 0 Å². The van der Waals surface area contributed by atoms with Crippen LogP contribution in [0.15, 0.2) is 23.1 Å². The fourth-order valence-electron chi connectivity index (χ4n) is 1.80. The molecular formula is C14H20FNO2S. The van der Waals surface area contributed by atoms with E-state index < -0.39 is 5.82 Å². The topological polar surface area (TPSA) is 49.3 Å². The normalized spacial score (nSPS) is 11.4. The second kappa shape index (κ2) is 6.91. The smallest absolute Gasteiger partial charge is 0.251 e. The van der Waals surface area contributed by atoms with Crippen LogP contribution in [0, 0.1) is 11.2 Å². The maximum Gasteiger partial charge on any atom is 0.251 e. The molecule has 0 saturated heterocycles. The average Bonchev–Trinajstić information content (AvgIpc) is 2.43. The molecule has 0 heterocycles. The zero-order valence-corrected chi connectivity index (χ0v) is 12.1. The molecule has 0 aliphatic heterocycles. The minimum atomic E-state index is -0.452. The molecule has 5 heteroatoms. The van der Waals surface area contributed by atoms with Gasteiger partial charge < -0.3 is 10.4 Å². The molecule has 0 spiro atoms. The molecule has 0 fully saturated rings. The predicted octanol–water partition coefficient (Wildman–Crippen LogP) is 2.64. The molecule has 0 atom stereocenters. The highest BCUT2D eigenvalue weighted by Gasteiger charge is 2.26. The number of aliphatic hydroxyl groups excluding tert-OH is 1. The van der Waals surface area contributed by atoms with E-state index in [1.165, 1.54) is 18.2 Å². The number of halogens is 1. The van der Waals surface area contributed by atoms with E-state index in [1.54, 1.807) is 0 Å². The van der Waals surface area contributed by atoms with Gasteiger partial charge in [-0.3, -0.25) is 4.79 Å². The molecule has 3 nitrogen and oxygen atoms in total. The van der Waals surface area contributed by atoms with Crippen LogP contribution in [0.2, 0.25) is 0 Å². The van der Waals surface area contributed by atoms with Crippen molar-refractivity contribution in [3.05, 3.63) is 29.6 Å². The van der Waals surface area contributed by atoms with Crippen molar-refractivity contribution in [3.8, 4) is 0 Å². The van der Waals surface area contributed by atoms with Gasteiger partial charge in [-0.2, -0.15) is 0 Å². The Morgan fingerprint density at radius 3 is 2.53 bits per heavy atom. The SMILES string of the molecule is CCC(CC)(CO)CNC(=O)c1ccc(F)c(S)c1. The minimum absolute atomic E-state index is 0.0293. The summed E-state index contributed by atoms with van der Waals surface area (Å²) in [4.78, 5) is 12.1. The van der Waals surface area contributed by atoms with Crippen LogP contribution in [-0.4, -0.2) is 24.2 Å². The maximum absolute atomic E-state index is 13.1. The lowest BCUT2D eigenvalue weighted by atomic mass is 9.83. The Hall–Kier alpha value is -1.07. The third-order valence-corrected chi connectivity index (χ3v) is 4.01. The first-order valence-electron chi connectivity index (χ1n) is 6.35. The molecule has 0 aliphatic carbocycles. The van der Waals surface area contributed by atoms with Crippen molar-refractivity contribution in [2.24, 2.45) is 5.41 Å². The summed E-state index contributed by atoms with van der Waals surface area (Å²) in [6.45, 7) is 4.39. The Balaban J connectivity index is 2.72. The van der Waals surface area contributed by atoms with Gasteiger partial charge in [0.25, 0.3) is 5.91 Å². The number of aliphatic hydroxyl groups is 1. The third kappa shape index (κ3) is 3.94. The monoisotopic (exact) mass is 285 g/mol. The lowest BCUT2D eigenvalue weighted by molar-refractivity contribution is 0.0851.